The molecule has 0 aliphatic carbocycles. The highest BCUT2D eigenvalue weighted by molar-refractivity contribution is 5.74. The molecule has 2 aliphatic rings. The number of halogens is 1. The Kier molecular flexibility index (Phi) is 5.16. The molecule has 0 saturated carbocycles. The van der Waals surface area contributed by atoms with Crippen molar-refractivity contribution in [1.82, 2.24) is 10.2 Å². The molecule has 2 saturated heterocycles. The van der Waals surface area contributed by atoms with Gasteiger partial charge in [0.25, 0.3) is 0 Å². The minimum atomic E-state index is -0.508. The molecule has 1 atom stereocenters. The molecule has 2 amide bonds. The average molecular weight is 332 g/mol. The van der Waals surface area contributed by atoms with E-state index in [1.54, 1.807) is 17.0 Å². The molecule has 7 heteroatoms. The van der Waals surface area contributed by atoms with Gasteiger partial charge >= 0.3 is 6.03 Å². The van der Waals surface area contributed by atoms with Gasteiger partial charge in [-0.05, 0) is 25.0 Å². The maximum atomic E-state index is 13.7. The van der Waals surface area contributed by atoms with Crippen LogP contribution in [-0.4, -0.2) is 56.4 Å². The van der Waals surface area contributed by atoms with Gasteiger partial charge in [-0.2, -0.15) is 5.26 Å². The molecule has 3 rings (SSSR count). The lowest BCUT2D eigenvalue weighted by Crippen LogP contribution is -2.52. The van der Waals surface area contributed by atoms with Crippen molar-refractivity contribution in [2.75, 3.05) is 44.2 Å². The number of ether oxygens (including phenoxy) is 1. The van der Waals surface area contributed by atoms with E-state index in [2.05, 4.69) is 5.32 Å². The van der Waals surface area contributed by atoms with Crippen LogP contribution >= 0.6 is 0 Å². The van der Waals surface area contributed by atoms with Gasteiger partial charge in [0.2, 0.25) is 0 Å². The zero-order chi connectivity index (χ0) is 16.9. The molecule has 1 aromatic carbocycles. The lowest BCUT2D eigenvalue weighted by Gasteiger charge is -2.36. The van der Waals surface area contributed by atoms with Crippen LogP contribution in [0, 0.1) is 17.1 Å². The van der Waals surface area contributed by atoms with Gasteiger partial charge in [-0.3, -0.25) is 0 Å². The number of carbonyl (C=O) groups excluding carboxylic acids is 1. The summed E-state index contributed by atoms with van der Waals surface area (Å²) in [5.41, 5.74) is 0.658. The number of nitriles is 1. The number of rotatable bonds is 3. The van der Waals surface area contributed by atoms with Crippen molar-refractivity contribution in [1.29, 1.82) is 5.26 Å². The number of piperazine rings is 1. The number of urea groups is 1. The second kappa shape index (κ2) is 7.49. The second-order valence-corrected chi connectivity index (χ2v) is 6.04. The van der Waals surface area contributed by atoms with Crippen molar-refractivity contribution in [3.63, 3.8) is 0 Å². The summed E-state index contributed by atoms with van der Waals surface area (Å²) >= 11 is 0. The number of nitrogens with one attached hydrogen (secondary N) is 1. The lowest BCUT2D eigenvalue weighted by atomic mass is 10.1. The Balaban J connectivity index is 1.53. The molecular formula is C17H21FN4O2. The summed E-state index contributed by atoms with van der Waals surface area (Å²) in [6, 6.07) is 6.47. The van der Waals surface area contributed by atoms with Gasteiger partial charge in [-0.25, -0.2) is 9.18 Å². The third-order valence-electron chi connectivity index (χ3n) is 4.52. The number of nitrogens with zero attached hydrogens (tertiary/aromatic N) is 3. The summed E-state index contributed by atoms with van der Waals surface area (Å²) in [5.74, 6) is -0.508. The van der Waals surface area contributed by atoms with Crippen LogP contribution in [0.1, 0.15) is 18.4 Å². The van der Waals surface area contributed by atoms with Crippen LogP contribution in [0.2, 0.25) is 0 Å². The number of amides is 2. The molecule has 2 aliphatic heterocycles. The smallest absolute Gasteiger partial charge is 0.317 e. The van der Waals surface area contributed by atoms with Crippen molar-refractivity contribution in [3.05, 3.63) is 29.6 Å². The first-order valence-corrected chi connectivity index (χ1v) is 8.27. The summed E-state index contributed by atoms with van der Waals surface area (Å²) in [6.45, 7) is 3.55. The average Bonchev–Trinajstić information content (AvgIpc) is 3.13. The Labute approximate surface area is 140 Å². The molecule has 2 fully saturated rings. The van der Waals surface area contributed by atoms with E-state index in [9.17, 15) is 9.18 Å². The predicted octanol–water partition coefficient (Wildman–Crippen LogP) is 1.71. The van der Waals surface area contributed by atoms with Crippen LogP contribution in [0.3, 0.4) is 0 Å². The maximum absolute atomic E-state index is 13.7. The monoisotopic (exact) mass is 332 g/mol. The van der Waals surface area contributed by atoms with Crippen molar-refractivity contribution in [2.45, 2.75) is 18.9 Å². The number of benzene rings is 1. The molecule has 0 spiro atoms. The zero-order valence-corrected chi connectivity index (χ0v) is 13.5. The van der Waals surface area contributed by atoms with E-state index in [1.807, 2.05) is 11.0 Å². The summed E-state index contributed by atoms with van der Waals surface area (Å²) in [6.07, 6.45) is 2.17. The number of hydrogen-bond acceptors (Lipinski definition) is 4. The van der Waals surface area contributed by atoms with Crippen LogP contribution in [0.4, 0.5) is 14.9 Å². The second-order valence-electron chi connectivity index (χ2n) is 6.04. The third-order valence-corrected chi connectivity index (χ3v) is 4.52. The molecule has 0 unspecified atom stereocenters. The Morgan fingerprint density at radius 1 is 1.38 bits per heavy atom. The molecule has 6 nitrogen and oxygen atoms in total. The molecular weight excluding hydrogens is 311 g/mol. The van der Waals surface area contributed by atoms with Gasteiger partial charge in [0.1, 0.15) is 17.4 Å². The van der Waals surface area contributed by atoms with Crippen LogP contribution in [0.5, 0.6) is 0 Å². The van der Waals surface area contributed by atoms with Gasteiger partial charge in [0, 0.05) is 39.3 Å². The highest BCUT2D eigenvalue weighted by Gasteiger charge is 2.24. The van der Waals surface area contributed by atoms with Crippen molar-refractivity contribution in [2.24, 2.45) is 0 Å². The fourth-order valence-corrected chi connectivity index (χ4v) is 3.16. The predicted molar refractivity (Wildman–Crippen MR) is 87.3 cm³/mol. The van der Waals surface area contributed by atoms with Gasteiger partial charge in [0.15, 0.2) is 0 Å². The van der Waals surface area contributed by atoms with E-state index in [-0.39, 0.29) is 17.7 Å². The van der Waals surface area contributed by atoms with Gasteiger partial charge in [-0.15, -0.1) is 0 Å². The molecule has 0 radical (unpaired) electrons. The maximum Gasteiger partial charge on any atom is 0.317 e. The molecule has 1 N–H and O–H groups in total. The molecule has 1 aromatic rings. The molecule has 0 bridgehead atoms. The standard InChI is InChI=1S/C17H21FN4O2/c18-15-4-1-5-16(14(15)11-19)21-6-8-22(9-7-21)17(23)20-12-13-3-2-10-24-13/h1,4-5,13H,2-3,6-10,12H2,(H,20,23)/t13-/m1/s1. The minimum Gasteiger partial charge on any atom is -0.376 e. The first-order chi connectivity index (χ1) is 11.7. The number of anilines is 1. The fraction of sp³-hybridized carbons (Fsp3) is 0.529. The summed E-state index contributed by atoms with van der Waals surface area (Å²) in [7, 11) is 0. The van der Waals surface area contributed by atoms with Gasteiger partial charge in [0.05, 0.1) is 11.8 Å². The third kappa shape index (κ3) is 3.60. The SMILES string of the molecule is N#Cc1c(F)cccc1N1CCN(C(=O)NC[C@H]2CCCO2)CC1. The molecule has 128 valence electrons. The van der Waals surface area contributed by atoms with E-state index >= 15 is 0 Å². The summed E-state index contributed by atoms with van der Waals surface area (Å²) in [4.78, 5) is 15.9. The summed E-state index contributed by atoms with van der Waals surface area (Å²) in [5, 5.41) is 12.1. The Morgan fingerprint density at radius 3 is 2.83 bits per heavy atom. The van der Waals surface area contributed by atoms with Gasteiger partial charge < -0.3 is 19.9 Å². The normalized spacial score (nSPS) is 20.8. The van der Waals surface area contributed by atoms with Gasteiger partial charge in [-0.1, -0.05) is 6.07 Å². The zero-order valence-electron chi connectivity index (χ0n) is 13.5. The van der Waals surface area contributed by atoms with Crippen molar-refractivity contribution >= 4 is 11.7 Å². The van der Waals surface area contributed by atoms with Crippen LogP contribution < -0.4 is 10.2 Å². The van der Waals surface area contributed by atoms with Crippen molar-refractivity contribution in [3.8, 4) is 6.07 Å². The molecule has 24 heavy (non-hydrogen) atoms. The largest absolute Gasteiger partial charge is 0.376 e. The highest BCUT2D eigenvalue weighted by Crippen LogP contribution is 2.23. The first kappa shape index (κ1) is 16.5. The van der Waals surface area contributed by atoms with E-state index in [0.717, 1.165) is 19.4 Å². The number of hydrogen-bond donors (Lipinski definition) is 1. The Morgan fingerprint density at radius 2 is 2.17 bits per heavy atom. The Bertz CT molecular complexity index is 632. The van der Waals surface area contributed by atoms with Crippen molar-refractivity contribution < 1.29 is 13.9 Å². The van der Waals surface area contributed by atoms with Crippen LogP contribution in [-0.2, 0) is 4.74 Å². The summed E-state index contributed by atoms with van der Waals surface area (Å²) < 4.78 is 19.2. The topological polar surface area (TPSA) is 68.6 Å². The highest BCUT2D eigenvalue weighted by atomic mass is 19.1. The molecule has 0 aromatic heterocycles. The number of carbonyl (C=O) groups is 1. The Hall–Kier alpha value is -2.33. The minimum absolute atomic E-state index is 0.0637. The van der Waals surface area contributed by atoms with E-state index in [0.29, 0.717) is 38.4 Å². The lowest BCUT2D eigenvalue weighted by molar-refractivity contribution is 0.108. The first-order valence-electron chi connectivity index (χ1n) is 8.27. The molecule has 2 heterocycles. The van der Waals surface area contributed by atoms with Crippen LogP contribution in [0.25, 0.3) is 0 Å². The van der Waals surface area contributed by atoms with E-state index in [4.69, 9.17) is 10.00 Å². The van der Waals surface area contributed by atoms with E-state index < -0.39 is 5.82 Å². The van der Waals surface area contributed by atoms with E-state index in [1.165, 1.54) is 6.07 Å². The quantitative estimate of drug-likeness (QED) is 0.915. The van der Waals surface area contributed by atoms with Crippen LogP contribution in [0.15, 0.2) is 18.2 Å². The fourth-order valence-electron chi connectivity index (χ4n) is 3.16.